The number of carbonyl (C=O) groups excluding carboxylic acids is 1. The van der Waals surface area contributed by atoms with Gasteiger partial charge in [0, 0.05) is 30.0 Å². The van der Waals surface area contributed by atoms with Crippen molar-refractivity contribution in [3.8, 4) is 5.75 Å². The highest BCUT2D eigenvalue weighted by Gasteiger charge is 2.31. The normalized spacial score (nSPS) is 19.3. The first kappa shape index (κ1) is 18.1. The second-order valence-corrected chi connectivity index (χ2v) is 7.57. The van der Waals surface area contributed by atoms with Gasteiger partial charge in [0.2, 0.25) is 0 Å². The smallest absolute Gasteiger partial charge is 0.263 e. The minimum absolute atomic E-state index is 0.0658. The van der Waals surface area contributed by atoms with Crippen LogP contribution < -0.4 is 4.74 Å². The predicted molar refractivity (Wildman–Crippen MR) is 103 cm³/mol. The molecular formula is C20H25BrN2O2. The molecule has 1 fully saturated rings. The van der Waals surface area contributed by atoms with Crippen LogP contribution in [0.3, 0.4) is 0 Å². The summed E-state index contributed by atoms with van der Waals surface area (Å²) in [7, 11) is 2.05. The quantitative estimate of drug-likeness (QED) is 0.739. The molecule has 4 nitrogen and oxygen atoms in total. The van der Waals surface area contributed by atoms with Gasteiger partial charge in [0.1, 0.15) is 5.75 Å². The van der Waals surface area contributed by atoms with Gasteiger partial charge in [0.25, 0.3) is 5.91 Å². The zero-order valence-corrected chi connectivity index (χ0v) is 16.4. The molecule has 2 aromatic rings. The molecule has 0 bridgehead atoms. The van der Waals surface area contributed by atoms with Crippen molar-refractivity contribution in [1.29, 1.82) is 0 Å². The van der Waals surface area contributed by atoms with E-state index in [1.54, 1.807) is 0 Å². The number of rotatable bonds is 4. The third-order valence-corrected chi connectivity index (χ3v) is 5.36. The number of ether oxygens (including phenoxy) is 1. The van der Waals surface area contributed by atoms with Crippen LogP contribution >= 0.6 is 15.9 Å². The topological polar surface area (TPSA) is 34.5 Å². The number of hydrogen-bond donors (Lipinski definition) is 0. The second-order valence-electron chi connectivity index (χ2n) is 6.65. The van der Waals surface area contributed by atoms with E-state index in [1.165, 1.54) is 12.1 Å². The summed E-state index contributed by atoms with van der Waals surface area (Å²) < 4.78 is 9.02. The Balaban J connectivity index is 1.77. The van der Waals surface area contributed by atoms with E-state index in [-0.39, 0.29) is 11.9 Å². The molecule has 1 amide bonds. The third kappa shape index (κ3) is 4.27. The molecule has 0 saturated carbocycles. The van der Waals surface area contributed by atoms with Crippen molar-refractivity contribution in [3.05, 3.63) is 52.8 Å². The molecule has 1 aromatic heterocycles. The van der Waals surface area contributed by atoms with Gasteiger partial charge in [-0.25, -0.2) is 0 Å². The molecule has 2 heterocycles. The second kappa shape index (κ2) is 8.09. The largest absolute Gasteiger partial charge is 0.481 e. The molecule has 5 heteroatoms. The number of amides is 1. The molecule has 0 unspecified atom stereocenters. The highest BCUT2D eigenvalue weighted by Crippen LogP contribution is 2.31. The fraction of sp³-hybridized carbons (Fsp3) is 0.450. The fourth-order valence-corrected chi connectivity index (χ4v) is 3.77. The van der Waals surface area contributed by atoms with Gasteiger partial charge < -0.3 is 14.2 Å². The van der Waals surface area contributed by atoms with Gasteiger partial charge in [-0.2, -0.15) is 0 Å². The van der Waals surface area contributed by atoms with E-state index in [4.69, 9.17) is 4.74 Å². The maximum Gasteiger partial charge on any atom is 0.263 e. The van der Waals surface area contributed by atoms with E-state index in [1.807, 2.05) is 55.4 Å². The summed E-state index contributed by atoms with van der Waals surface area (Å²) in [6.45, 7) is 2.64. The molecule has 0 aliphatic carbocycles. The Morgan fingerprint density at radius 1 is 1.20 bits per heavy atom. The maximum atomic E-state index is 13.1. The van der Waals surface area contributed by atoms with Crippen LogP contribution in [0.2, 0.25) is 0 Å². The Kier molecular flexibility index (Phi) is 5.84. The van der Waals surface area contributed by atoms with Crippen LogP contribution in [0.4, 0.5) is 0 Å². The summed E-state index contributed by atoms with van der Waals surface area (Å²) >= 11 is 3.42. The number of carbonyl (C=O) groups is 1. The van der Waals surface area contributed by atoms with Crippen molar-refractivity contribution in [2.75, 3.05) is 6.54 Å². The monoisotopic (exact) mass is 404 g/mol. The average molecular weight is 405 g/mol. The Morgan fingerprint density at radius 2 is 1.96 bits per heavy atom. The number of benzene rings is 1. The van der Waals surface area contributed by atoms with Crippen molar-refractivity contribution in [3.63, 3.8) is 0 Å². The van der Waals surface area contributed by atoms with Crippen LogP contribution in [0.15, 0.2) is 47.1 Å². The van der Waals surface area contributed by atoms with Crippen molar-refractivity contribution >= 4 is 21.8 Å². The zero-order valence-electron chi connectivity index (χ0n) is 14.8. The molecule has 1 aliphatic heterocycles. The first-order valence-electron chi connectivity index (χ1n) is 8.90. The van der Waals surface area contributed by atoms with Crippen molar-refractivity contribution in [1.82, 2.24) is 9.47 Å². The number of likely N-dealkylation sites (tertiary alicyclic amines) is 1. The lowest BCUT2D eigenvalue weighted by Crippen LogP contribution is -2.43. The minimum atomic E-state index is -0.498. The van der Waals surface area contributed by atoms with Crippen LogP contribution in [0.5, 0.6) is 5.75 Å². The average Bonchev–Trinajstić information content (AvgIpc) is 2.88. The minimum Gasteiger partial charge on any atom is -0.481 e. The van der Waals surface area contributed by atoms with Crippen LogP contribution in [-0.4, -0.2) is 28.0 Å². The lowest BCUT2D eigenvalue weighted by molar-refractivity contribution is -0.140. The number of aromatic nitrogens is 1. The highest BCUT2D eigenvalue weighted by atomic mass is 79.9. The van der Waals surface area contributed by atoms with Gasteiger partial charge >= 0.3 is 0 Å². The van der Waals surface area contributed by atoms with Crippen LogP contribution in [0.1, 0.15) is 44.3 Å². The molecule has 25 heavy (non-hydrogen) atoms. The number of nitrogens with zero attached hydrogens (tertiary/aromatic N) is 2. The van der Waals surface area contributed by atoms with E-state index in [0.717, 1.165) is 30.3 Å². The maximum absolute atomic E-state index is 13.1. The Morgan fingerprint density at radius 3 is 2.64 bits per heavy atom. The standard InChI is InChI=1S/C20H25BrN2O2/c1-15(25-17-11-9-16(21)10-12-17)20(24)23-14-5-3-4-7-19(23)18-8-6-13-22(18)2/h6,8-13,15,19H,3-5,7,14H2,1-2H3/t15-,19-/m0/s1. The van der Waals surface area contributed by atoms with E-state index in [9.17, 15) is 4.79 Å². The van der Waals surface area contributed by atoms with Crippen molar-refractivity contribution in [2.45, 2.75) is 44.8 Å². The van der Waals surface area contributed by atoms with E-state index in [0.29, 0.717) is 5.75 Å². The molecule has 0 N–H and O–H groups in total. The Bertz CT molecular complexity index is 711. The molecule has 1 aliphatic rings. The van der Waals surface area contributed by atoms with E-state index >= 15 is 0 Å². The molecule has 1 aromatic carbocycles. The third-order valence-electron chi connectivity index (χ3n) is 4.84. The molecule has 0 radical (unpaired) electrons. The summed E-state index contributed by atoms with van der Waals surface area (Å²) in [4.78, 5) is 15.1. The Labute approximate surface area is 157 Å². The summed E-state index contributed by atoms with van der Waals surface area (Å²) in [5.74, 6) is 0.783. The van der Waals surface area contributed by atoms with Gasteiger partial charge in [-0.05, 0) is 56.2 Å². The van der Waals surface area contributed by atoms with Crippen molar-refractivity contribution < 1.29 is 9.53 Å². The molecule has 1 saturated heterocycles. The van der Waals surface area contributed by atoms with Gasteiger partial charge in [0.15, 0.2) is 6.10 Å². The van der Waals surface area contributed by atoms with Gasteiger partial charge in [0.05, 0.1) is 6.04 Å². The number of halogens is 1. The van der Waals surface area contributed by atoms with Crippen LogP contribution in [-0.2, 0) is 11.8 Å². The van der Waals surface area contributed by atoms with Gasteiger partial charge in [-0.3, -0.25) is 4.79 Å². The summed E-state index contributed by atoms with van der Waals surface area (Å²) in [6, 6.07) is 11.9. The fourth-order valence-electron chi connectivity index (χ4n) is 3.50. The Hall–Kier alpha value is -1.75. The zero-order chi connectivity index (χ0) is 17.8. The van der Waals surface area contributed by atoms with Crippen LogP contribution in [0, 0.1) is 0 Å². The molecular weight excluding hydrogens is 380 g/mol. The summed E-state index contributed by atoms with van der Waals surface area (Å²) in [5, 5.41) is 0. The van der Waals surface area contributed by atoms with Gasteiger partial charge in [-0.15, -0.1) is 0 Å². The first-order valence-corrected chi connectivity index (χ1v) is 9.69. The van der Waals surface area contributed by atoms with Gasteiger partial charge in [-0.1, -0.05) is 28.8 Å². The molecule has 134 valence electrons. The predicted octanol–water partition coefficient (Wildman–Crippen LogP) is 4.70. The van der Waals surface area contributed by atoms with E-state index in [2.05, 4.69) is 26.6 Å². The lowest BCUT2D eigenvalue weighted by Gasteiger charge is -2.32. The summed E-state index contributed by atoms with van der Waals surface area (Å²) in [6.07, 6.45) is 5.94. The lowest BCUT2D eigenvalue weighted by atomic mass is 10.1. The number of aryl methyl sites for hydroxylation is 1. The molecule has 2 atom stereocenters. The van der Waals surface area contributed by atoms with Crippen LogP contribution in [0.25, 0.3) is 0 Å². The highest BCUT2D eigenvalue weighted by molar-refractivity contribution is 9.10. The van der Waals surface area contributed by atoms with E-state index < -0.39 is 6.10 Å². The number of hydrogen-bond acceptors (Lipinski definition) is 2. The van der Waals surface area contributed by atoms with Crippen molar-refractivity contribution in [2.24, 2.45) is 7.05 Å². The summed E-state index contributed by atoms with van der Waals surface area (Å²) in [5.41, 5.74) is 1.20. The SMILES string of the molecule is C[C@H](Oc1ccc(Br)cc1)C(=O)N1CCCCC[C@H]1c1cccn1C. The molecule has 3 rings (SSSR count). The first-order chi connectivity index (χ1) is 12.1. The molecule has 0 spiro atoms.